The molecule has 1 saturated carbocycles. The Morgan fingerprint density at radius 1 is 1.22 bits per heavy atom. The Hall–Kier alpha value is -0.660. The summed E-state index contributed by atoms with van der Waals surface area (Å²) in [6.07, 6.45) is 2.94. The van der Waals surface area contributed by atoms with Crippen molar-refractivity contribution in [2.45, 2.75) is 18.9 Å². The topological polar surface area (TPSA) is 60.9 Å². The molecule has 0 radical (unpaired) electrons. The zero-order chi connectivity index (χ0) is 13.3. The predicted octanol–water partition coefficient (Wildman–Crippen LogP) is -0.816. The van der Waals surface area contributed by atoms with E-state index in [9.17, 15) is 13.2 Å². The van der Waals surface area contributed by atoms with Crippen molar-refractivity contribution in [1.29, 1.82) is 0 Å². The van der Waals surface area contributed by atoms with Crippen LogP contribution in [0.25, 0.3) is 0 Å². The first kappa shape index (κ1) is 13.8. The highest BCUT2D eigenvalue weighted by Crippen LogP contribution is 2.28. The van der Waals surface area contributed by atoms with E-state index in [1.165, 1.54) is 10.6 Å². The Morgan fingerprint density at radius 3 is 2.22 bits per heavy atom. The van der Waals surface area contributed by atoms with Crippen molar-refractivity contribution in [2.24, 2.45) is 0 Å². The summed E-state index contributed by atoms with van der Waals surface area (Å²) < 4.78 is 24.6. The molecule has 1 heterocycles. The highest BCUT2D eigenvalue weighted by atomic mass is 32.2. The minimum absolute atomic E-state index is 0.00716. The number of piperazine rings is 1. The van der Waals surface area contributed by atoms with Gasteiger partial charge in [0.05, 0.1) is 12.8 Å². The van der Waals surface area contributed by atoms with Crippen LogP contribution in [-0.2, 0) is 14.8 Å². The fourth-order valence-corrected chi connectivity index (χ4v) is 3.27. The maximum absolute atomic E-state index is 12.1. The highest BCUT2D eigenvalue weighted by Gasteiger charge is 2.37. The van der Waals surface area contributed by atoms with Gasteiger partial charge in [-0.1, -0.05) is 0 Å². The summed E-state index contributed by atoms with van der Waals surface area (Å²) in [6.45, 7) is 3.10. The third-order valence-corrected chi connectivity index (χ3v) is 4.81. The average molecular weight is 275 g/mol. The zero-order valence-corrected chi connectivity index (χ0v) is 11.8. The van der Waals surface area contributed by atoms with Crippen LogP contribution in [0.4, 0.5) is 0 Å². The van der Waals surface area contributed by atoms with Gasteiger partial charge in [-0.3, -0.25) is 4.79 Å². The second-order valence-corrected chi connectivity index (χ2v) is 7.16. The van der Waals surface area contributed by atoms with Crippen molar-refractivity contribution in [3.63, 3.8) is 0 Å². The molecular formula is C11H21N3O3S. The lowest BCUT2D eigenvalue weighted by Gasteiger charge is -2.33. The molecule has 18 heavy (non-hydrogen) atoms. The third-order valence-electron chi connectivity index (χ3n) is 3.53. The largest absolute Gasteiger partial charge is 0.339 e. The Labute approximate surface area is 109 Å². The molecule has 0 aromatic heterocycles. The molecule has 0 N–H and O–H groups in total. The minimum atomic E-state index is -3.27. The summed E-state index contributed by atoms with van der Waals surface area (Å²) in [6, 6.07) is 0.0522. The molecule has 0 atom stereocenters. The fraction of sp³-hybridized carbons (Fsp3) is 0.909. The van der Waals surface area contributed by atoms with E-state index in [2.05, 4.69) is 4.90 Å². The van der Waals surface area contributed by atoms with Gasteiger partial charge in [0.15, 0.2) is 0 Å². The summed E-state index contributed by atoms with van der Waals surface area (Å²) in [4.78, 5) is 16.0. The van der Waals surface area contributed by atoms with Gasteiger partial charge in [-0.15, -0.1) is 0 Å². The quantitative estimate of drug-likeness (QED) is 0.673. The summed E-state index contributed by atoms with van der Waals surface area (Å²) in [5.41, 5.74) is 0. The SMILES string of the molecule is CN1CCN(C(=O)CN(C2CC2)S(C)(=O)=O)CC1. The van der Waals surface area contributed by atoms with Gasteiger partial charge in [0.1, 0.15) is 0 Å². The first-order chi connectivity index (χ1) is 8.38. The van der Waals surface area contributed by atoms with Crippen molar-refractivity contribution in [3.8, 4) is 0 Å². The molecule has 0 unspecified atom stereocenters. The van der Waals surface area contributed by atoms with Crippen LogP contribution in [0.2, 0.25) is 0 Å². The van der Waals surface area contributed by atoms with Crippen LogP contribution in [0.1, 0.15) is 12.8 Å². The Morgan fingerprint density at radius 2 is 1.78 bits per heavy atom. The molecule has 0 bridgehead atoms. The predicted molar refractivity (Wildman–Crippen MR) is 68.6 cm³/mol. The third kappa shape index (κ3) is 3.43. The second-order valence-electron chi connectivity index (χ2n) is 5.22. The molecule has 2 rings (SSSR count). The zero-order valence-electron chi connectivity index (χ0n) is 11.0. The van der Waals surface area contributed by atoms with Crippen LogP contribution in [0.3, 0.4) is 0 Å². The van der Waals surface area contributed by atoms with Crippen LogP contribution in [-0.4, -0.2) is 80.5 Å². The van der Waals surface area contributed by atoms with Crippen LogP contribution < -0.4 is 0 Å². The number of sulfonamides is 1. The number of carbonyl (C=O) groups excluding carboxylic acids is 1. The molecular weight excluding hydrogens is 254 g/mol. The normalized spacial score (nSPS) is 22.5. The lowest BCUT2D eigenvalue weighted by atomic mass is 10.3. The lowest BCUT2D eigenvalue weighted by Crippen LogP contribution is -2.51. The smallest absolute Gasteiger partial charge is 0.237 e. The van der Waals surface area contributed by atoms with E-state index in [1.54, 1.807) is 4.90 Å². The van der Waals surface area contributed by atoms with Crippen molar-refractivity contribution >= 4 is 15.9 Å². The average Bonchev–Trinajstić information content (AvgIpc) is 3.08. The minimum Gasteiger partial charge on any atom is -0.339 e. The standard InChI is InChI=1S/C11H21N3O3S/c1-12-5-7-13(8-6-12)11(15)9-14(10-3-4-10)18(2,16)17/h10H,3-9H2,1-2H3. The molecule has 1 saturated heterocycles. The molecule has 1 aliphatic heterocycles. The molecule has 0 spiro atoms. The first-order valence-corrected chi connectivity index (χ1v) is 8.16. The van der Waals surface area contributed by atoms with Gasteiger partial charge >= 0.3 is 0 Å². The number of rotatable bonds is 4. The van der Waals surface area contributed by atoms with Crippen molar-refractivity contribution in [3.05, 3.63) is 0 Å². The summed E-state index contributed by atoms with van der Waals surface area (Å²) in [5.74, 6) is -0.0691. The molecule has 0 aromatic carbocycles. The van der Waals surface area contributed by atoms with Gasteiger partial charge in [0.2, 0.25) is 15.9 Å². The molecule has 6 nitrogen and oxygen atoms in total. The van der Waals surface area contributed by atoms with E-state index in [1.807, 2.05) is 7.05 Å². The molecule has 1 aliphatic carbocycles. The number of hydrogen-bond acceptors (Lipinski definition) is 4. The summed E-state index contributed by atoms with van der Waals surface area (Å²) in [5, 5.41) is 0. The maximum Gasteiger partial charge on any atom is 0.237 e. The lowest BCUT2D eigenvalue weighted by molar-refractivity contribution is -0.133. The summed E-state index contributed by atoms with van der Waals surface area (Å²) in [7, 11) is -1.25. The monoisotopic (exact) mass is 275 g/mol. The molecule has 104 valence electrons. The van der Waals surface area contributed by atoms with Crippen molar-refractivity contribution in [2.75, 3.05) is 46.0 Å². The number of likely N-dealkylation sites (N-methyl/N-ethyl adjacent to an activating group) is 1. The number of carbonyl (C=O) groups is 1. The highest BCUT2D eigenvalue weighted by molar-refractivity contribution is 7.88. The molecule has 0 aromatic rings. The Balaban J connectivity index is 1.93. The van der Waals surface area contributed by atoms with Crippen molar-refractivity contribution in [1.82, 2.24) is 14.1 Å². The van der Waals surface area contributed by atoms with Gasteiger partial charge in [0, 0.05) is 32.2 Å². The van der Waals surface area contributed by atoms with Gasteiger partial charge in [-0.05, 0) is 19.9 Å². The van der Waals surface area contributed by atoms with Gasteiger partial charge in [-0.2, -0.15) is 4.31 Å². The molecule has 2 fully saturated rings. The van der Waals surface area contributed by atoms with E-state index < -0.39 is 10.0 Å². The van der Waals surface area contributed by atoms with E-state index in [0.717, 1.165) is 25.9 Å². The number of amides is 1. The number of hydrogen-bond donors (Lipinski definition) is 0. The van der Waals surface area contributed by atoms with E-state index >= 15 is 0 Å². The van der Waals surface area contributed by atoms with Crippen LogP contribution in [0.15, 0.2) is 0 Å². The molecule has 2 aliphatic rings. The first-order valence-electron chi connectivity index (χ1n) is 6.31. The van der Waals surface area contributed by atoms with E-state index in [4.69, 9.17) is 0 Å². The second kappa shape index (κ2) is 5.14. The van der Waals surface area contributed by atoms with Crippen LogP contribution in [0.5, 0.6) is 0 Å². The summed E-state index contributed by atoms with van der Waals surface area (Å²) >= 11 is 0. The maximum atomic E-state index is 12.1. The van der Waals surface area contributed by atoms with Gasteiger partial charge in [-0.25, -0.2) is 8.42 Å². The van der Waals surface area contributed by atoms with E-state index in [-0.39, 0.29) is 18.5 Å². The number of nitrogens with zero attached hydrogens (tertiary/aromatic N) is 3. The van der Waals surface area contributed by atoms with Crippen LogP contribution >= 0.6 is 0 Å². The van der Waals surface area contributed by atoms with Crippen molar-refractivity contribution < 1.29 is 13.2 Å². The van der Waals surface area contributed by atoms with E-state index in [0.29, 0.717) is 13.1 Å². The molecule has 1 amide bonds. The fourth-order valence-electron chi connectivity index (χ4n) is 2.17. The van der Waals surface area contributed by atoms with Gasteiger partial charge < -0.3 is 9.80 Å². The van der Waals surface area contributed by atoms with Gasteiger partial charge in [0.25, 0.3) is 0 Å². The van der Waals surface area contributed by atoms with Crippen LogP contribution in [0, 0.1) is 0 Å². The molecule has 7 heteroatoms. The Bertz CT molecular complexity index is 411. The Kier molecular flexibility index (Phi) is 3.93.